The molecule has 5 heteroatoms. The fraction of sp³-hybridized carbons (Fsp3) is 0.588. The third-order valence-corrected chi connectivity index (χ3v) is 3.98. The van der Waals surface area contributed by atoms with Crippen LogP contribution in [0.1, 0.15) is 25.3 Å². The molecular weight excluding hydrogens is 278 g/mol. The van der Waals surface area contributed by atoms with Crippen LogP contribution < -0.4 is 10.1 Å². The van der Waals surface area contributed by atoms with Crippen LogP contribution in [0.3, 0.4) is 0 Å². The molecule has 1 heterocycles. The molecule has 1 saturated heterocycles. The molecule has 5 nitrogen and oxygen atoms in total. The summed E-state index contributed by atoms with van der Waals surface area (Å²) in [5.74, 6) is 1.37. The van der Waals surface area contributed by atoms with E-state index in [1.165, 1.54) is 5.56 Å². The van der Waals surface area contributed by atoms with Gasteiger partial charge in [0, 0.05) is 26.2 Å². The number of benzene rings is 1. The molecule has 0 radical (unpaired) electrons. The minimum absolute atomic E-state index is 0.00635. The first-order valence-corrected chi connectivity index (χ1v) is 8.00. The summed E-state index contributed by atoms with van der Waals surface area (Å²) in [6.07, 6.45) is 0. The number of nitrogens with one attached hydrogen (secondary N) is 1. The van der Waals surface area contributed by atoms with E-state index in [1.54, 1.807) is 0 Å². The van der Waals surface area contributed by atoms with Gasteiger partial charge >= 0.3 is 6.03 Å². The van der Waals surface area contributed by atoms with E-state index in [2.05, 4.69) is 43.2 Å². The predicted molar refractivity (Wildman–Crippen MR) is 88.5 cm³/mol. The lowest BCUT2D eigenvalue weighted by atomic mass is 10.0. The van der Waals surface area contributed by atoms with Crippen molar-refractivity contribution in [3.63, 3.8) is 0 Å². The molecule has 0 saturated carbocycles. The van der Waals surface area contributed by atoms with Crippen LogP contribution in [0.15, 0.2) is 24.3 Å². The third kappa shape index (κ3) is 4.91. The lowest BCUT2D eigenvalue weighted by molar-refractivity contribution is 0.153. The fourth-order valence-corrected chi connectivity index (χ4v) is 2.40. The lowest BCUT2D eigenvalue weighted by Crippen LogP contribution is -2.51. The molecule has 1 aliphatic heterocycles. The number of nitrogens with zero attached hydrogens (tertiary/aromatic N) is 2. The molecule has 0 bridgehead atoms. The zero-order valence-electron chi connectivity index (χ0n) is 13.8. The van der Waals surface area contributed by atoms with Crippen molar-refractivity contribution in [2.75, 3.05) is 46.4 Å². The van der Waals surface area contributed by atoms with Gasteiger partial charge in [0.1, 0.15) is 12.4 Å². The molecule has 122 valence electrons. The number of hydrogen-bond donors (Lipinski definition) is 1. The van der Waals surface area contributed by atoms with Crippen molar-refractivity contribution in [3.05, 3.63) is 29.8 Å². The summed E-state index contributed by atoms with van der Waals surface area (Å²) in [7, 11) is 2.08. The average molecular weight is 305 g/mol. The fourth-order valence-electron chi connectivity index (χ4n) is 2.40. The normalized spacial score (nSPS) is 15.9. The Hall–Kier alpha value is -1.75. The van der Waals surface area contributed by atoms with E-state index in [-0.39, 0.29) is 6.03 Å². The maximum atomic E-state index is 12.0. The minimum atomic E-state index is 0.00635. The Labute approximate surface area is 133 Å². The van der Waals surface area contributed by atoms with Crippen LogP contribution in [0.2, 0.25) is 0 Å². The van der Waals surface area contributed by atoms with E-state index in [1.807, 2.05) is 17.0 Å². The molecule has 0 aromatic heterocycles. The second-order valence-electron chi connectivity index (χ2n) is 6.09. The SMILES string of the molecule is CC(C)c1ccc(OCCNC(=O)N2CCN(C)CC2)cc1. The van der Waals surface area contributed by atoms with Crippen molar-refractivity contribution in [1.29, 1.82) is 0 Å². The molecule has 1 aliphatic rings. The molecule has 2 amide bonds. The zero-order chi connectivity index (χ0) is 15.9. The zero-order valence-corrected chi connectivity index (χ0v) is 13.8. The van der Waals surface area contributed by atoms with E-state index < -0.39 is 0 Å². The van der Waals surface area contributed by atoms with Crippen molar-refractivity contribution in [2.24, 2.45) is 0 Å². The molecule has 2 rings (SSSR count). The Morgan fingerprint density at radius 2 is 1.82 bits per heavy atom. The third-order valence-electron chi connectivity index (χ3n) is 3.98. The first kappa shape index (κ1) is 16.6. The van der Waals surface area contributed by atoms with Gasteiger partial charge in [0.25, 0.3) is 0 Å². The maximum Gasteiger partial charge on any atom is 0.317 e. The van der Waals surface area contributed by atoms with Gasteiger partial charge in [-0.1, -0.05) is 26.0 Å². The molecule has 22 heavy (non-hydrogen) atoms. The monoisotopic (exact) mass is 305 g/mol. The molecular formula is C17H27N3O2. The Bertz CT molecular complexity index is 465. The van der Waals surface area contributed by atoms with Crippen LogP contribution in [0, 0.1) is 0 Å². The second kappa shape index (κ2) is 8.03. The van der Waals surface area contributed by atoms with Gasteiger partial charge in [-0.25, -0.2) is 4.79 Å². The van der Waals surface area contributed by atoms with Crippen LogP contribution in [0.25, 0.3) is 0 Å². The molecule has 0 atom stereocenters. The molecule has 1 aromatic rings. The van der Waals surface area contributed by atoms with Gasteiger partial charge in [0.15, 0.2) is 0 Å². The number of urea groups is 1. The highest BCUT2D eigenvalue weighted by Crippen LogP contribution is 2.18. The molecule has 1 N–H and O–H groups in total. The van der Waals surface area contributed by atoms with Crippen molar-refractivity contribution < 1.29 is 9.53 Å². The summed E-state index contributed by atoms with van der Waals surface area (Å²) >= 11 is 0. The summed E-state index contributed by atoms with van der Waals surface area (Å²) in [6.45, 7) is 8.81. The highest BCUT2D eigenvalue weighted by atomic mass is 16.5. The van der Waals surface area contributed by atoms with Crippen LogP contribution in [0.4, 0.5) is 4.79 Å². The van der Waals surface area contributed by atoms with E-state index in [0.29, 0.717) is 19.1 Å². The quantitative estimate of drug-likeness (QED) is 0.848. The van der Waals surface area contributed by atoms with E-state index in [9.17, 15) is 4.79 Å². The van der Waals surface area contributed by atoms with Crippen LogP contribution >= 0.6 is 0 Å². The highest BCUT2D eigenvalue weighted by Gasteiger charge is 2.18. The summed E-state index contributed by atoms with van der Waals surface area (Å²) in [5, 5.41) is 2.91. The second-order valence-corrected chi connectivity index (χ2v) is 6.09. The van der Waals surface area contributed by atoms with Gasteiger partial charge < -0.3 is 19.9 Å². The van der Waals surface area contributed by atoms with Crippen LogP contribution in [-0.4, -0.2) is 62.2 Å². The molecule has 0 spiro atoms. The molecule has 0 unspecified atom stereocenters. The number of likely N-dealkylation sites (N-methyl/N-ethyl adjacent to an activating group) is 1. The van der Waals surface area contributed by atoms with Gasteiger partial charge in [0.05, 0.1) is 6.54 Å². The van der Waals surface area contributed by atoms with Gasteiger partial charge in [-0.2, -0.15) is 0 Å². The number of rotatable bonds is 5. The summed E-state index contributed by atoms with van der Waals surface area (Å²) in [5.41, 5.74) is 1.30. The van der Waals surface area contributed by atoms with Gasteiger partial charge in [-0.3, -0.25) is 0 Å². The van der Waals surface area contributed by atoms with Crippen LogP contribution in [0.5, 0.6) is 5.75 Å². The van der Waals surface area contributed by atoms with Crippen molar-refractivity contribution in [1.82, 2.24) is 15.1 Å². The number of ether oxygens (including phenoxy) is 1. The molecule has 0 aliphatic carbocycles. The summed E-state index contributed by atoms with van der Waals surface area (Å²) < 4.78 is 5.65. The predicted octanol–water partition coefficient (Wildman–Crippen LogP) is 2.15. The Morgan fingerprint density at radius 3 is 2.41 bits per heavy atom. The van der Waals surface area contributed by atoms with Gasteiger partial charge in [0.2, 0.25) is 0 Å². The standard InChI is InChI=1S/C17H27N3O2/c1-14(2)15-4-6-16(7-5-15)22-13-8-18-17(21)20-11-9-19(3)10-12-20/h4-7,14H,8-13H2,1-3H3,(H,18,21). The highest BCUT2D eigenvalue weighted by molar-refractivity contribution is 5.74. The van der Waals surface area contributed by atoms with Crippen LogP contribution in [-0.2, 0) is 0 Å². The number of carbonyl (C=O) groups is 1. The van der Waals surface area contributed by atoms with Gasteiger partial charge in [-0.05, 0) is 30.7 Å². The maximum absolute atomic E-state index is 12.0. The van der Waals surface area contributed by atoms with Crippen molar-refractivity contribution >= 4 is 6.03 Å². The first-order valence-electron chi connectivity index (χ1n) is 8.00. The van der Waals surface area contributed by atoms with Crippen molar-refractivity contribution in [2.45, 2.75) is 19.8 Å². The Kier molecular flexibility index (Phi) is 6.07. The number of amides is 2. The van der Waals surface area contributed by atoms with E-state index in [4.69, 9.17) is 4.74 Å². The molecule has 1 aromatic carbocycles. The lowest BCUT2D eigenvalue weighted by Gasteiger charge is -2.32. The Balaban J connectivity index is 1.65. The van der Waals surface area contributed by atoms with E-state index in [0.717, 1.165) is 31.9 Å². The van der Waals surface area contributed by atoms with E-state index >= 15 is 0 Å². The number of piperazine rings is 1. The number of hydrogen-bond acceptors (Lipinski definition) is 3. The van der Waals surface area contributed by atoms with Crippen molar-refractivity contribution in [3.8, 4) is 5.75 Å². The average Bonchev–Trinajstić information content (AvgIpc) is 2.52. The smallest absolute Gasteiger partial charge is 0.317 e. The summed E-state index contributed by atoms with van der Waals surface area (Å²) in [4.78, 5) is 16.1. The molecule has 1 fully saturated rings. The first-order chi connectivity index (χ1) is 10.6. The number of carbonyl (C=O) groups excluding carboxylic acids is 1. The topological polar surface area (TPSA) is 44.8 Å². The Morgan fingerprint density at radius 1 is 1.18 bits per heavy atom. The van der Waals surface area contributed by atoms with Gasteiger partial charge in [-0.15, -0.1) is 0 Å². The minimum Gasteiger partial charge on any atom is -0.492 e. The largest absolute Gasteiger partial charge is 0.492 e. The summed E-state index contributed by atoms with van der Waals surface area (Å²) in [6, 6.07) is 8.15.